The average Bonchev–Trinajstić information content (AvgIpc) is 2.71. The first kappa shape index (κ1) is 12.3. The summed E-state index contributed by atoms with van der Waals surface area (Å²) >= 11 is 2.04. The van der Waals surface area contributed by atoms with Crippen LogP contribution in [0.2, 0.25) is 0 Å². The molecule has 90 valence electrons. The molecule has 4 nitrogen and oxygen atoms in total. The molecule has 1 aromatic carbocycles. The van der Waals surface area contributed by atoms with Crippen LogP contribution in [0.4, 0.5) is 0 Å². The molecule has 2 aromatic rings. The number of ether oxygens (including phenoxy) is 1. The van der Waals surface area contributed by atoms with Crippen LogP contribution in [0, 0.1) is 0 Å². The maximum atomic E-state index is 11.2. The van der Waals surface area contributed by atoms with Crippen LogP contribution in [0.15, 0.2) is 24.3 Å². The third-order valence-corrected chi connectivity index (χ3v) is 2.85. The van der Waals surface area contributed by atoms with Crippen LogP contribution in [-0.4, -0.2) is 26.5 Å². The Morgan fingerprint density at radius 3 is 3.00 bits per heavy atom. The Morgan fingerprint density at radius 1 is 1.53 bits per heavy atom. The van der Waals surface area contributed by atoms with Crippen LogP contribution in [0.3, 0.4) is 0 Å². The molecule has 5 heteroatoms. The molecule has 1 unspecified atom stereocenters. The van der Waals surface area contributed by atoms with E-state index in [9.17, 15) is 4.79 Å². The van der Waals surface area contributed by atoms with E-state index < -0.39 is 0 Å². The molecule has 0 aliphatic rings. The number of halogens is 1. The first-order valence-electron chi connectivity index (χ1n) is 5.41. The molecule has 1 atom stereocenters. The molecule has 0 fully saturated rings. The quantitative estimate of drug-likeness (QED) is 0.527. The van der Waals surface area contributed by atoms with Gasteiger partial charge in [0, 0.05) is 6.42 Å². The van der Waals surface area contributed by atoms with Crippen LogP contribution in [0.25, 0.3) is 11.0 Å². The lowest BCUT2D eigenvalue weighted by Gasteiger charge is -2.04. The van der Waals surface area contributed by atoms with Gasteiger partial charge in [0.25, 0.3) is 0 Å². The number of H-pyrrole nitrogens is 1. The Labute approximate surface area is 113 Å². The van der Waals surface area contributed by atoms with Crippen molar-refractivity contribution in [2.24, 2.45) is 0 Å². The van der Waals surface area contributed by atoms with Crippen LogP contribution in [0.5, 0.6) is 0 Å². The lowest BCUT2D eigenvalue weighted by Crippen LogP contribution is -2.15. The fourth-order valence-electron chi connectivity index (χ4n) is 1.49. The zero-order valence-electron chi connectivity index (χ0n) is 9.44. The molecule has 0 spiro atoms. The number of para-hydroxylation sites is 2. The number of carbonyl (C=O) groups excluding carboxylic acids is 1. The van der Waals surface area contributed by atoms with Gasteiger partial charge in [-0.3, -0.25) is 4.79 Å². The molecular formula is C12H13IN2O2. The summed E-state index contributed by atoms with van der Waals surface area (Å²) in [4.78, 5) is 18.8. The van der Waals surface area contributed by atoms with Crippen LogP contribution in [-0.2, 0) is 16.0 Å². The van der Waals surface area contributed by atoms with Gasteiger partial charge in [0.05, 0.1) is 17.6 Å². The van der Waals surface area contributed by atoms with Gasteiger partial charge in [0.15, 0.2) is 0 Å². The van der Waals surface area contributed by atoms with Gasteiger partial charge in [-0.2, -0.15) is 0 Å². The fraction of sp³-hybridized carbons (Fsp3) is 0.333. The van der Waals surface area contributed by atoms with Gasteiger partial charge >= 0.3 is 5.97 Å². The predicted molar refractivity (Wildman–Crippen MR) is 74.2 cm³/mol. The lowest BCUT2D eigenvalue weighted by atomic mass is 10.3. The largest absolute Gasteiger partial charge is 0.464 e. The monoisotopic (exact) mass is 344 g/mol. The minimum atomic E-state index is -0.179. The van der Waals surface area contributed by atoms with Crippen molar-refractivity contribution in [1.29, 1.82) is 0 Å². The zero-order chi connectivity index (χ0) is 12.3. The van der Waals surface area contributed by atoms with Gasteiger partial charge in [-0.25, -0.2) is 4.98 Å². The minimum absolute atomic E-state index is 0.108. The van der Waals surface area contributed by atoms with E-state index in [1.807, 2.05) is 53.8 Å². The van der Waals surface area contributed by atoms with Gasteiger partial charge in [0.2, 0.25) is 0 Å². The van der Waals surface area contributed by atoms with E-state index in [4.69, 9.17) is 4.74 Å². The summed E-state index contributed by atoms with van der Waals surface area (Å²) < 4.78 is 4.99. The molecule has 1 aromatic heterocycles. The highest BCUT2D eigenvalue weighted by Crippen LogP contribution is 2.10. The topological polar surface area (TPSA) is 55.0 Å². The number of rotatable bonds is 4. The Kier molecular flexibility index (Phi) is 3.98. The van der Waals surface area contributed by atoms with E-state index in [1.54, 1.807) is 0 Å². The SMILES string of the molecule is CC(I)C(=O)OCCc1nc2ccccc2[nH]1. The normalized spacial score (nSPS) is 12.6. The first-order chi connectivity index (χ1) is 8.16. The summed E-state index contributed by atoms with van der Waals surface area (Å²) in [5.41, 5.74) is 1.95. The van der Waals surface area contributed by atoms with Crippen molar-refractivity contribution in [3.63, 3.8) is 0 Å². The molecule has 0 aliphatic carbocycles. The van der Waals surface area contributed by atoms with Crippen molar-refractivity contribution in [1.82, 2.24) is 9.97 Å². The number of aromatic nitrogens is 2. The number of benzene rings is 1. The van der Waals surface area contributed by atoms with E-state index in [0.717, 1.165) is 16.9 Å². The Hall–Kier alpha value is -1.11. The van der Waals surface area contributed by atoms with E-state index in [0.29, 0.717) is 13.0 Å². The van der Waals surface area contributed by atoms with Crippen molar-refractivity contribution in [3.05, 3.63) is 30.1 Å². The predicted octanol–water partition coefficient (Wildman–Crippen LogP) is 2.47. The number of carbonyl (C=O) groups is 1. The highest BCUT2D eigenvalue weighted by atomic mass is 127. The Balaban J connectivity index is 1.93. The molecule has 0 amide bonds. The Morgan fingerprint density at radius 2 is 2.29 bits per heavy atom. The van der Waals surface area contributed by atoms with Crippen molar-refractivity contribution < 1.29 is 9.53 Å². The number of imidazole rings is 1. The van der Waals surface area contributed by atoms with E-state index in [1.165, 1.54) is 0 Å². The molecule has 1 N–H and O–H groups in total. The molecule has 0 radical (unpaired) electrons. The molecule has 0 aliphatic heterocycles. The van der Waals surface area contributed by atoms with Crippen molar-refractivity contribution in [2.75, 3.05) is 6.61 Å². The number of alkyl halides is 1. The van der Waals surface area contributed by atoms with Gasteiger partial charge in [-0.15, -0.1) is 0 Å². The van der Waals surface area contributed by atoms with Crippen molar-refractivity contribution in [2.45, 2.75) is 17.3 Å². The maximum absolute atomic E-state index is 11.2. The van der Waals surface area contributed by atoms with Crippen LogP contribution in [0.1, 0.15) is 12.7 Å². The molecule has 17 heavy (non-hydrogen) atoms. The Bertz CT molecular complexity index is 489. The number of aromatic amines is 1. The highest BCUT2D eigenvalue weighted by molar-refractivity contribution is 14.1. The number of esters is 1. The summed E-state index contributed by atoms with van der Waals surface area (Å²) in [6.45, 7) is 2.18. The lowest BCUT2D eigenvalue weighted by molar-refractivity contribution is -0.142. The van der Waals surface area contributed by atoms with Gasteiger partial charge in [0.1, 0.15) is 9.75 Å². The number of hydrogen-bond donors (Lipinski definition) is 1. The maximum Gasteiger partial charge on any atom is 0.318 e. The number of hydrogen-bond acceptors (Lipinski definition) is 3. The van der Waals surface area contributed by atoms with Gasteiger partial charge < -0.3 is 9.72 Å². The minimum Gasteiger partial charge on any atom is -0.464 e. The van der Waals surface area contributed by atoms with Gasteiger partial charge in [-0.1, -0.05) is 34.7 Å². The fourth-order valence-corrected chi connectivity index (χ4v) is 1.67. The van der Waals surface area contributed by atoms with Crippen LogP contribution < -0.4 is 0 Å². The van der Waals surface area contributed by atoms with Crippen molar-refractivity contribution in [3.8, 4) is 0 Å². The standard InChI is InChI=1S/C12H13IN2O2/c1-8(13)12(16)17-7-6-11-14-9-4-2-3-5-10(9)15-11/h2-5,8H,6-7H2,1H3,(H,14,15). The third-order valence-electron chi connectivity index (χ3n) is 2.35. The number of nitrogens with one attached hydrogen (secondary N) is 1. The molecule has 0 saturated heterocycles. The average molecular weight is 344 g/mol. The molecule has 1 heterocycles. The summed E-state index contributed by atoms with van der Waals surface area (Å²) in [7, 11) is 0. The number of fused-ring (bicyclic) bond motifs is 1. The van der Waals surface area contributed by atoms with E-state index >= 15 is 0 Å². The van der Waals surface area contributed by atoms with E-state index in [2.05, 4.69) is 9.97 Å². The number of nitrogens with zero attached hydrogens (tertiary/aromatic N) is 1. The second kappa shape index (κ2) is 5.48. The smallest absolute Gasteiger partial charge is 0.318 e. The second-order valence-corrected chi connectivity index (χ2v) is 5.60. The molecule has 0 bridgehead atoms. The summed E-state index contributed by atoms with van der Waals surface area (Å²) in [6.07, 6.45) is 0.615. The summed E-state index contributed by atoms with van der Waals surface area (Å²) in [5, 5.41) is 0. The first-order valence-corrected chi connectivity index (χ1v) is 6.65. The molecule has 0 saturated carbocycles. The second-order valence-electron chi connectivity index (χ2n) is 3.73. The van der Waals surface area contributed by atoms with Crippen molar-refractivity contribution >= 4 is 39.6 Å². The highest BCUT2D eigenvalue weighted by Gasteiger charge is 2.10. The van der Waals surface area contributed by atoms with E-state index in [-0.39, 0.29) is 9.89 Å². The van der Waals surface area contributed by atoms with Gasteiger partial charge in [-0.05, 0) is 19.1 Å². The third kappa shape index (κ3) is 3.18. The summed E-state index contributed by atoms with van der Waals surface area (Å²) in [6, 6.07) is 7.84. The zero-order valence-corrected chi connectivity index (χ0v) is 11.6. The summed E-state index contributed by atoms with van der Waals surface area (Å²) in [5.74, 6) is 0.668. The molecule has 2 rings (SSSR count). The molecular weight excluding hydrogens is 331 g/mol. The van der Waals surface area contributed by atoms with Crippen LogP contribution >= 0.6 is 22.6 Å².